The van der Waals surface area contributed by atoms with Crippen LogP contribution in [-0.2, 0) is 0 Å². The van der Waals surface area contributed by atoms with Crippen LogP contribution < -0.4 is 15.1 Å². The molecule has 0 radical (unpaired) electrons. The van der Waals surface area contributed by atoms with Crippen LogP contribution in [-0.4, -0.2) is 41.4 Å². The smallest absolute Gasteiger partial charge is 0.249 e. The van der Waals surface area contributed by atoms with Gasteiger partial charge in [-0.05, 0) is 24.3 Å². The minimum Gasteiger partial charge on any atom is -0.366 e. The van der Waals surface area contributed by atoms with Crippen molar-refractivity contribution in [2.24, 2.45) is 0 Å². The van der Waals surface area contributed by atoms with E-state index in [1.54, 1.807) is 18.3 Å². The normalized spacial score (nSPS) is 14.3. The number of para-hydroxylation sites is 2. The van der Waals surface area contributed by atoms with E-state index >= 15 is 0 Å². The van der Waals surface area contributed by atoms with E-state index in [0.717, 1.165) is 24.6 Å². The highest BCUT2D eigenvalue weighted by molar-refractivity contribution is 6.33. The van der Waals surface area contributed by atoms with Crippen LogP contribution >= 0.6 is 11.6 Å². The molecule has 1 N–H and O–H groups in total. The second kappa shape index (κ2) is 7.75. The van der Waals surface area contributed by atoms with Crippen LogP contribution in [0.4, 0.5) is 27.5 Å². The Balaban J connectivity index is 1.44. The minimum atomic E-state index is -0.194. The van der Waals surface area contributed by atoms with Crippen molar-refractivity contribution >= 4 is 34.7 Å². The van der Waals surface area contributed by atoms with E-state index < -0.39 is 0 Å². The van der Waals surface area contributed by atoms with Gasteiger partial charge in [0.25, 0.3) is 0 Å². The van der Waals surface area contributed by atoms with E-state index in [9.17, 15) is 4.39 Å². The zero-order chi connectivity index (χ0) is 18.6. The van der Waals surface area contributed by atoms with Gasteiger partial charge in [0, 0.05) is 26.2 Å². The molecule has 1 saturated heterocycles. The maximum Gasteiger partial charge on any atom is 0.249 e. The Morgan fingerprint density at radius 3 is 2.41 bits per heavy atom. The van der Waals surface area contributed by atoms with E-state index in [1.807, 2.05) is 35.2 Å². The molecule has 1 aliphatic rings. The van der Waals surface area contributed by atoms with Crippen LogP contribution in [0, 0.1) is 5.82 Å². The highest BCUT2D eigenvalue weighted by Crippen LogP contribution is 2.25. The molecule has 4 rings (SSSR count). The second-order valence-corrected chi connectivity index (χ2v) is 6.58. The third-order valence-electron chi connectivity index (χ3n) is 4.46. The Kier molecular flexibility index (Phi) is 5.02. The molecule has 0 spiro atoms. The standard InChI is InChI=1S/C19H18ClFN6/c20-14-5-1-3-7-16(14)23-19-24-18(13-22-25-19)27-11-9-26(10-12-27)17-8-4-2-6-15(17)21/h1-8,13H,9-12H2,(H,23,24,25). The van der Waals surface area contributed by atoms with E-state index in [2.05, 4.69) is 25.4 Å². The SMILES string of the molecule is Fc1ccccc1N1CCN(c2cnnc(Nc3ccccc3Cl)n2)CC1. The number of halogens is 2. The summed E-state index contributed by atoms with van der Waals surface area (Å²) < 4.78 is 14.0. The summed E-state index contributed by atoms with van der Waals surface area (Å²) in [5.41, 5.74) is 1.36. The molecular formula is C19H18ClFN6. The molecule has 0 aliphatic carbocycles. The van der Waals surface area contributed by atoms with Crippen molar-refractivity contribution in [2.45, 2.75) is 0 Å². The number of nitrogens with one attached hydrogen (secondary N) is 1. The van der Waals surface area contributed by atoms with Gasteiger partial charge in [0.15, 0.2) is 5.82 Å². The van der Waals surface area contributed by atoms with Gasteiger partial charge in [0.2, 0.25) is 5.95 Å². The lowest BCUT2D eigenvalue weighted by molar-refractivity contribution is 0.595. The van der Waals surface area contributed by atoms with Crippen LogP contribution in [0.5, 0.6) is 0 Å². The predicted molar refractivity (Wildman–Crippen MR) is 105 cm³/mol. The van der Waals surface area contributed by atoms with E-state index in [1.165, 1.54) is 6.07 Å². The number of rotatable bonds is 4. The zero-order valence-corrected chi connectivity index (χ0v) is 15.3. The first-order valence-electron chi connectivity index (χ1n) is 8.66. The number of piperazine rings is 1. The lowest BCUT2D eigenvalue weighted by Crippen LogP contribution is -2.47. The van der Waals surface area contributed by atoms with Crippen LogP contribution in [0.15, 0.2) is 54.7 Å². The van der Waals surface area contributed by atoms with E-state index in [4.69, 9.17) is 11.6 Å². The number of benzene rings is 2. The van der Waals surface area contributed by atoms with E-state index in [-0.39, 0.29) is 5.82 Å². The molecule has 0 amide bonds. The van der Waals surface area contributed by atoms with Crippen LogP contribution in [0.2, 0.25) is 5.02 Å². The first-order valence-corrected chi connectivity index (χ1v) is 9.04. The zero-order valence-electron chi connectivity index (χ0n) is 14.5. The minimum absolute atomic E-state index is 0.194. The van der Waals surface area contributed by atoms with Crippen LogP contribution in [0.3, 0.4) is 0 Å². The van der Waals surface area contributed by atoms with Gasteiger partial charge < -0.3 is 15.1 Å². The Hall–Kier alpha value is -2.93. The maximum atomic E-state index is 14.0. The van der Waals surface area contributed by atoms with Crippen LogP contribution in [0.25, 0.3) is 0 Å². The number of aromatic nitrogens is 3. The fourth-order valence-corrected chi connectivity index (χ4v) is 3.25. The van der Waals surface area contributed by atoms with Crippen molar-refractivity contribution in [1.82, 2.24) is 15.2 Å². The molecule has 0 bridgehead atoms. The fourth-order valence-electron chi connectivity index (χ4n) is 3.07. The third-order valence-corrected chi connectivity index (χ3v) is 4.79. The van der Waals surface area contributed by atoms with Crippen molar-refractivity contribution in [2.75, 3.05) is 41.3 Å². The van der Waals surface area contributed by atoms with Crippen molar-refractivity contribution in [1.29, 1.82) is 0 Å². The van der Waals surface area contributed by atoms with Gasteiger partial charge in [-0.15, -0.1) is 5.10 Å². The topological polar surface area (TPSA) is 57.2 Å². The molecule has 1 aliphatic heterocycles. The Labute approximate surface area is 161 Å². The van der Waals surface area contributed by atoms with Gasteiger partial charge in [-0.1, -0.05) is 35.9 Å². The summed E-state index contributed by atoms with van der Waals surface area (Å²) >= 11 is 6.16. The summed E-state index contributed by atoms with van der Waals surface area (Å²) in [6.07, 6.45) is 1.64. The molecule has 6 nitrogen and oxygen atoms in total. The first-order chi connectivity index (χ1) is 13.2. The predicted octanol–water partition coefficient (Wildman–Crippen LogP) is 3.73. The Bertz CT molecular complexity index is 929. The van der Waals surface area contributed by atoms with Crippen molar-refractivity contribution in [3.8, 4) is 0 Å². The number of hydrogen-bond acceptors (Lipinski definition) is 6. The number of nitrogens with zero attached hydrogens (tertiary/aromatic N) is 5. The molecule has 0 saturated carbocycles. The largest absolute Gasteiger partial charge is 0.366 e. The molecule has 27 heavy (non-hydrogen) atoms. The molecule has 1 fully saturated rings. The monoisotopic (exact) mass is 384 g/mol. The lowest BCUT2D eigenvalue weighted by atomic mass is 10.2. The number of anilines is 4. The molecule has 1 aromatic heterocycles. The van der Waals surface area contributed by atoms with Crippen molar-refractivity contribution in [3.63, 3.8) is 0 Å². The summed E-state index contributed by atoms with van der Waals surface area (Å²) in [6.45, 7) is 2.85. The summed E-state index contributed by atoms with van der Waals surface area (Å²) in [6, 6.07) is 14.2. The van der Waals surface area contributed by atoms with Gasteiger partial charge in [-0.3, -0.25) is 0 Å². The summed E-state index contributed by atoms with van der Waals surface area (Å²) in [5.74, 6) is 0.922. The average Bonchev–Trinajstić information content (AvgIpc) is 2.71. The molecule has 138 valence electrons. The maximum absolute atomic E-state index is 14.0. The molecule has 3 aromatic rings. The highest BCUT2D eigenvalue weighted by Gasteiger charge is 2.21. The number of hydrogen-bond donors (Lipinski definition) is 1. The van der Waals surface area contributed by atoms with E-state index in [0.29, 0.717) is 29.7 Å². The molecule has 0 atom stereocenters. The van der Waals surface area contributed by atoms with Crippen molar-refractivity contribution < 1.29 is 4.39 Å². The van der Waals surface area contributed by atoms with Gasteiger partial charge >= 0.3 is 0 Å². The molecule has 2 heterocycles. The molecule has 0 unspecified atom stereocenters. The molecule has 8 heteroatoms. The lowest BCUT2D eigenvalue weighted by Gasteiger charge is -2.36. The average molecular weight is 385 g/mol. The summed E-state index contributed by atoms with van der Waals surface area (Å²) in [5, 5.41) is 11.7. The highest BCUT2D eigenvalue weighted by atomic mass is 35.5. The fraction of sp³-hybridized carbons (Fsp3) is 0.211. The summed E-state index contributed by atoms with van der Waals surface area (Å²) in [4.78, 5) is 8.70. The van der Waals surface area contributed by atoms with Gasteiger partial charge in [0.05, 0.1) is 22.6 Å². The Morgan fingerprint density at radius 1 is 0.926 bits per heavy atom. The second-order valence-electron chi connectivity index (χ2n) is 6.17. The first kappa shape index (κ1) is 17.5. The van der Waals surface area contributed by atoms with Crippen molar-refractivity contribution in [3.05, 3.63) is 65.6 Å². The molecular weight excluding hydrogens is 367 g/mol. The van der Waals surface area contributed by atoms with Crippen LogP contribution in [0.1, 0.15) is 0 Å². The summed E-state index contributed by atoms with van der Waals surface area (Å²) in [7, 11) is 0. The van der Waals surface area contributed by atoms with Gasteiger partial charge in [0.1, 0.15) is 5.82 Å². The Morgan fingerprint density at radius 2 is 1.63 bits per heavy atom. The quantitative estimate of drug-likeness (QED) is 0.739. The third kappa shape index (κ3) is 3.93. The van der Waals surface area contributed by atoms with Gasteiger partial charge in [-0.2, -0.15) is 10.1 Å². The molecule has 2 aromatic carbocycles. The van der Waals surface area contributed by atoms with Gasteiger partial charge in [-0.25, -0.2) is 4.39 Å².